The molecule has 4 rings (SSSR count). The normalized spacial score (nSPS) is 13.8. The van der Waals surface area contributed by atoms with Crippen molar-refractivity contribution in [1.29, 1.82) is 0 Å². The number of aromatic nitrogens is 5. The van der Waals surface area contributed by atoms with E-state index < -0.39 is 71.2 Å². The maximum atomic E-state index is 14.9. The largest absolute Gasteiger partial charge is 0.423 e. The third kappa shape index (κ3) is 6.37. The molecule has 0 saturated carbocycles. The summed E-state index contributed by atoms with van der Waals surface area (Å²) in [5, 5.41) is 16.3. The summed E-state index contributed by atoms with van der Waals surface area (Å²) in [5.41, 5.74) is -5.22. The quantitative estimate of drug-likeness (QED) is 0.253. The molecule has 0 bridgehead atoms. The molecule has 2 atom stereocenters. The first-order chi connectivity index (χ1) is 19.2. The van der Waals surface area contributed by atoms with E-state index >= 15 is 0 Å². The van der Waals surface area contributed by atoms with E-state index in [0.717, 1.165) is 29.2 Å². The van der Waals surface area contributed by atoms with Crippen molar-refractivity contribution in [2.75, 3.05) is 11.9 Å². The molecule has 0 unspecified atom stereocenters. The van der Waals surface area contributed by atoms with Crippen LogP contribution in [-0.4, -0.2) is 48.7 Å². The number of rotatable bonds is 9. The molecule has 0 spiro atoms. The number of alkyl halides is 6. The van der Waals surface area contributed by atoms with Gasteiger partial charge in [0.05, 0.1) is 34.9 Å². The standard InChI is InChI=1S/C25H21F7N6O3/c1-12(36-19-9-35-37-22(40)20(19)25(30,31)32)4-15(26)10-38-3-2-13-5-17(18(27)6-16(13)23(38)41)21-33-7-14(8-34-21)24(28,29)11-39/h2-3,5-9,12,15,39H,4,10-11H2,1H3,(H2,36,37,40)/t12-,15-/m0/s1. The Morgan fingerprint density at radius 2 is 1.78 bits per heavy atom. The Morgan fingerprint density at radius 1 is 1.10 bits per heavy atom. The number of nitrogens with one attached hydrogen (secondary N) is 2. The molecule has 1 aromatic carbocycles. The fourth-order valence-corrected chi connectivity index (χ4v) is 4.15. The predicted molar refractivity (Wildman–Crippen MR) is 133 cm³/mol. The van der Waals surface area contributed by atoms with Crippen molar-refractivity contribution in [2.24, 2.45) is 0 Å². The fraction of sp³-hybridized carbons (Fsp3) is 0.320. The average molecular weight is 586 g/mol. The number of aliphatic hydroxyl groups excluding tert-OH is 1. The summed E-state index contributed by atoms with van der Waals surface area (Å²) in [6.07, 6.45) is -3.58. The molecule has 3 heterocycles. The van der Waals surface area contributed by atoms with E-state index in [1.165, 1.54) is 25.3 Å². The van der Waals surface area contributed by atoms with Gasteiger partial charge < -0.3 is 15.0 Å². The first-order valence-corrected chi connectivity index (χ1v) is 11.9. The highest BCUT2D eigenvalue weighted by molar-refractivity contribution is 5.86. The van der Waals surface area contributed by atoms with Crippen LogP contribution in [0.5, 0.6) is 0 Å². The van der Waals surface area contributed by atoms with Crippen molar-refractivity contribution in [3.8, 4) is 11.4 Å². The number of hydrogen-bond donors (Lipinski definition) is 3. The summed E-state index contributed by atoms with van der Waals surface area (Å²) in [6, 6.07) is 2.58. The first-order valence-electron chi connectivity index (χ1n) is 11.9. The Morgan fingerprint density at radius 3 is 2.41 bits per heavy atom. The molecule has 41 heavy (non-hydrogen) atoms. The second kappa shape index (κ2) is 11.3. The zero-order valence-electron chi connectivity index (χ0n) is 21.0. The van der Waals surface area contributed by atoms with Crippen LogP contribution in [0.4, 0.5) is 36.4 Å². The van der Waals surface area contributed by atoms with Gasteiger partial charge in [-0.3, -0.25) is 9.59 Å². The van der Waals surface area contributed by atoms with Gasteiger partial charge in [0.2, 0.25) is 0 Å². The number of benzene rings is 1. The highest BCUT2D eigenvalue weighted by Gasteiger charge is 2.37. The van der Waals surface area contributed by atoms with Crippen molar-refractivity contribution >= 4 is 16.5 Å². The molecule has 0 aliphatic rings. The Hall–Kier alpha value is -4.34. The number of pyridine rings is 1. The Kier molecular flexibility index (Phi) is 8.15. The van der Waals surface area contributed by atoms with Gasteiger partial charge in [-0.1, -0.05) is 0 Å². The van der Waals surface area contributed by atoms with Crippen molar-refractivity contribution in [3.05, 3.63) is 80.6 Å². The topological polar surface area (TPSA) is 126 Å². The molecular weight excluding hydrogens is 565 g/mol. The van der Waals surface area contributed by atoms with Gasteiger partial charge in [0.25, 0.3) is 17.0 Å². The molecule has 9 nitrogen and oxygen atoms in total. The van der Waals surface area contributed by atoms with Crippen LogP contribution < -0.4 is 16.4 Å². The number of anilines is 1. The van der Waals surface area contributed by atoms with Gasteiger partial charge in [-0.2, -0.15) is 27.1 Å². The fourth-order valence-electron chi connectivity index (χ4n) is 4.15. The summed E-state index contributed by atoms with van der Waals surface area (Å²) >= 11 is 0. The summed E-state index contributed by atoms with van der Waals surface area (Å²) in [4.78, 5) is 32.0. The van der Waals surface area contributed by atoms with E-state index in [9.17, 15) is 40.3 Å². The summed E-state index contributed by atoms with van der Waals surface area (Å²) in [6.45, 7) is -0.590. The van der Waals surface area contributed by atoms with E-state index in [-0.39, 0.29) is 28.6 Å². The minimum atomic E-state index is -4.98. The molecule has 0 fully saturated rings. The van der Waals surface area contributed by atoms with Crippen LogP contribution >= 0.6 is 0 Å². The Labute approximate surface area is 225 Å². The number of hydrogen-bond acceptors (Lipinski definition) is 7. The van der Waals surface area contributed by atoms with Crippen LogP contribution in [0.1, 0.15) is 24.5 Å². The molecule has 0 amide bonds. The van der Waals surface area contributed by atoms with Gasteiger partial charge in [-0.05, 0) is 30.5 Å². The molecule has 3 aromatic heterocycles. The second-order valence-electron chi connectivity index (χ2n) is 9.21. The molecule has 0 aliphatic carbocycles. The van der Waals surface area contributed by atoms with Crippen LogP contribution in [0, 0.1) is 5.82 Å². The number of nitrogens with zero attached hydrogens (tertiary/aromatic N) is 4. The van der Waals surface area contributed by atoms with Gasteiger partial charge in [-0.15, -0.1) is 0 Å². The minimum Gasteiger partial charge on any atom is -0.390 e. The van der Waals surface area contributed by atoms with Gasteiger partial charge in [-0.25, -0.2) is 23.8 Å². The smallest absolute Gasteiger partial charge is 0.390 e. The highest BCUT2D eigenvalue weighted by atomic mass is 19.4. The lowest BCUT2D eigenvalue weighted by molar-refractivity contribution is -0.138. The lowest BCUT2D eigenvalue weighted by Crippen LogP contribution is -2.30. The predicted octanol–water partition coefficient (Wildman–Crippen LogP) is 4.01. The minimum absolute atomic E-state index is 0.125. The molecular formula is C25H21F7N6O3. The number of aliphatic hydroxyl groups is 1. The van der Waals surface area contributed by atoms with Gasteiger partial charge >= 0.3 is 6.18 Å². The van der Waals surface area contributed by atoms with Crippen molar-refractivity contribution < 1.29 is 35.8 Å². The third-order valence-corrected chi connectivity index (χ3v) is 6.12. The van der Waals surface area contributed by atoms with E-state index in [1.54, 1.807) is 5.10 Å². The average Bonchev–Trinajstić information content (AvgIpc) is 2.89. The zero-order chi connectivity index (χ0) is 30.1. The number of aromatic amines is 1. The molecule has 218 valence electrons. The highest BCUT2D eigenvalue weighted by Crippen LogP contribution is 2.32. The van der Waals surface area contributed by atoms with Crippen LogP contribution in [0.2, 0.25) is 0 Å². The molecule has 4 aromatic rings. The van der Waals surface area contributed by atoms with Crippen molar-refractivity contribution in [3.63, 3.8) is 0 Å². The second-order valence-corrected chi connectivity index (χ2v) is 9.21. The third-order valence-electron chi connectivity index (χ3n) is 6.12. The molecule has 0 saturated heterocycles. The number of fused-ring (bicyclic) bond motifs is 1. The van der Waals surface area contributed by atoms with Gasteiger partial charge in [0.15, 0.2) is 5.82 Å². The summed E-state index contributed by atoms with van der Waals surface area (Å²) < 4.78 is 97.6. The lowest BCUT2D eigenvalue weighted by atomic mass is 10.1. The summed E-state index contributed by atoms with van der Waals surface area (Å²) in [7, 11) is 0. The maximum absolute atomic E-state index is 14.9. The van der Waals surface area contributed by atoms with Crippen LogP contribution in [0.15, 0.2) is 52.6 Å². The van der Waals surface area contributed by atoms with Crippen molar-refractivity contribution in [2.45, 2.75) is 44.2 Å². The monoisotopic (exact) mass is 586 g/mol. The van der Waals surface area contributed by atoms with Crippen LogP contribution in [0.3, 0.4) is 0 Å². The number of H-pyrrole nitrogens is 1. The van der Waals surface area contributed by atoms with Crippen molar-refractivity contribution in [1.82, 2.24) is 24.7 Å². The van der Waals surface area contributed by atoms with E-state index in [2.05, 4.69) is 20.4 Å². The van der Waals surface area contributed by atoms with Crippen LogP contribution in [-0.2, 0) is 18.6 Å². The number of halogens is 7. The summed E-state index contributed by atoms with van der Waals surface area (Å²) in [5.74, 6) is -4.78. The lowest BCUT2D eigenvalue weighted by Gasteiger charge is -2.20. The molecule has 0 aliphatic heterocycles. The van der Waals surface area contributed by atoms with E-state index in [1.807, 2.05) is 0 Å². The SMILES string of the molecule is C[C@@H](C[C@H](F)Cn1ccc2cc(-c3ncc(C(F)(F)CO)cn3)c(F)cc2c1=O)Nc1cn[nH]c(=O)c1C(F)(F)F. The zero-order valence-corrected chi connectivity index (χ0v) is 21.0. The Balaban J connectivity index is 1.51. The Bertz CT molecular complexity index is 1670. The van der Waals surface area contributed by atoms with E-state index in [0.29, 0.717) is 0 Å². The maximum Gasteiger partial charge on any atom is 0.423 e. The molecule has 0 radical (unpaired) electrons. The molecule has 16 heteroatoms. The van der Waals surface area contributed by atoms with E-state index in [4.69, 9.17) is 5.11 Å². The molecule has 3 N–H and O–H groups in total. The van der Waals surface area contributed by atoms with Gasteiger partial charge in [0.1, 0.15) is 24.2 Å². The van der Waals surface area contributed by atoms with Gasteiger partial charge in [0, 0.05) is 31.1 Å². The first kappa shape index (κ1) is 29.6. The van der Waals surface area contributed by atoms with Crippen LogP contribution in [0.25, 0.3) is 22.2 Å².